The molecule has 0 radical (unpaired) electrons. The molecule has 0 atom stereocenters. The Morgan fingerprint density at radius 2 is 1.71 bits per heavy atom. The van der Waals surface area contributed by atoms with Gasteiger partial charge in [0, 0.05) is 38.6 Å². The van der Waals surface area contributed by atoms with Crippen molar-refractivity contribution >= 4 is 22.8 Å². The van der Waals surface area contributed by atoms with Gasteiger partial charge in [-0.1, -0.05) is 18.2 Å². The fourth-order valence-corrected chi connectivity index (χ4v) is 3.97. The predicted octanol–water partition coefficient (Wildman–Crippen LogP) is 4.31. The second-order valence-electron chi connectivity index (χ2n) is 8.87. The van der Waals surface area contributed by atoms with Gasteiger partial charge in [0.25, 0.3) is 0 Å². The van der Waals surface area contributed by atoms with Crippen molar-refractivity contribution in [1.29, 1.82) is 0 Å². The van der Waals surface area contributed by atoms with Crippen molar-refractivity contribution in [1.82, 2.24) is 14.7 Å². The molecule has 1 aromatic heterocycles. The Kier molecular flexibility index (Phi) is 5.52. The molecule has 0 saturated carbocycles. The third-order valence-electron chi connectivity index (χ3n) is 5.44. The highest BCUT2D eigenvalue weighted by atomic mass is 16.6. The quantitative estimate of drug-likeness (QED) is 0.630. The van der Waals surface area contributed by atoms with Crippen molar-refractivity contribution in [2.45, 2.75) is 26.4 Å². The Labute approximate surface area is 183 Å². The average molecular weight is 423 g/mol. The fraction of sp³-hybridized carbons (Fsp3) is 0.417. The molecule has 164 valence electrons. The smallest absolute Gasteiger partial charge is 0.410 e. The molecule has 1 fully saturated rings. The second-order valence-corrected chi connectivity index (χ2v) is 8.87. The van der Waals surface area contributed by atoms with Gasteiger partial charge in [-0.15, -0.1) is 0 Å². The van der Waals surface area contributed by atoms with E-state index in [0.717, 1.165) is 46.7 Å². The van der Waals surface area contributed by atoms with Crippen molar-refractivity contribution in [2.24, 2.45) is 7.05 Å². The lowest BCUT2D eigenvalue weighted by molar-refractivity contribution is 0.0240. The molecule has 1 saturated heterocycles. The third kappa shape index (κ3) is 4.45. The molecule has 7 heteroatoms. The minimum absolute atomic E-state index is 0.245. The Balaban J connectivity index is 1.54. The van der Waals surface area contributed by atoms with E-state index in [-0.39, 0.29) is 6.09 Å². The normalized spacial score (nSPS) is 14.7. The number of hydrogen-bond acceptors (Lipinski definition) is 5. The van der Waals surface area contributed by atoms with Crippen molar-refractivity contribution in [3.05, 3.63) is 42.5 Å². The van der Waals surface area contributed by atoms with Crippen LogP contribution >= 0.6 is 0 Å². The van der Waals surface area contributed by atoms with Gasteiger partial charge in [-0.05, 0) is 56.2 Å². The number of benzene rings is 2. The van der Waals surface area contributed by atoms with Crippen LogP contribution in [0.4, 0.5) is 10.6 Å². The molecule has 7 nitrogen and oxygen atoms in total. The molecule has 1 aliphatic heterocycles. The largest absolute Gasteiger partial charge is 0.497 e. The minimum atomic E-state index is -0.479. The summed E-state index contributed by atoms with van der Waals surface area (Å²) in [5.41, 5.74) is 2.67. The van der Waals surface area contributed by atoms with Crippen LogP contribution in [0.5, 0.6) is 5.75 Å². The van der Waals surface area contributed by atoms with E-state index in [2.05, 4.69) is 29.2 Å². The number of nitrogens with zero attached hydrogens (tertiary/aromatic N) is 4. The SMILES string of the molecule is COc1cccc(-c2ccc3c(N4CCN(C(=O)OC(C)(C)C)CC4)n(C)nc3c2)c1. The van der Waals surface area contributed by atoms with E-state index in [1.165, 1.54) is 0 Å². The molecular formula is C24H30N4O3. The Hall–Kier alpha value is -3.22. The molecule has 31 heavy (non-hydrogen) atoms. The van der Waals surface area contributed by atoms with Crippen molar-refractivity contribution in [2.75, 3.05) is 38.2 Å². The number of carbonyl (C=O) groups excluding carboxylic acids is 1. The first-order chi connectivity index (χ1) is 14.7. The highest BCUT2D eigenvalue weighted by Crippen LogP contribution is 2.32. The molecule has 0 N–H and O–H groups in total. The molecule has 3 aromatic rings. The summed E-state index contributed by atoms with van der Waals surface area (Å²) in [6.07, 6.45) is -0.245. The van der Waals surface area contributed by atoms with Gasteiger partial charge in [-0.25, -0.2) is 4.79 Å². The van der Waals surface area contributed by atoms with Gasteiger partial charge in [0.1, 0.15) is 17.2 Å². The number of aromatic nitrogens is 2. The standard InChI is InChI=1S/C24H30N4O3/c1-24(2,3)31-23(29)28-13-11-27(12-14-28)22-20-10-9-18(16-21(20)25-26(22)4)17-7-6-8-19(15-17)30-5/h6-10,15-16H,11-14H2,1-5H3. The minimum Gasteiger partial charge on any atom is -0.497 e. The monoisotopic (exact) mass is 422 g/mol. The highest BCUT2D eigenvalue weighted by molar-refractivity contribution is 5.93. The summed E-state index contributed by atoms with van der Waals surface area (Å²) in [5, 5.41) is 5.87. The number of ether oxygens (including phenoxy) is 2. The number of carbonyl (C=O) groups is 1. The maximum atomic E-state index is 12.4. The molecule has 0 aliphatic carbocycles. The number of aryl methyl sites for hydroxylation is 1. The van der Waals surface area contributed by atoms with Gasteiger partial charge < -0.3 is 19.3 Å². The zero-order chi connectivity index (χ0) is 22.2. The van der Waals surface area contributed by atoms with Crippen LogP contribution in [-0.4, -0.2) is 59.7 Å². The molecule has 2 heterocycles. The molecule has 0 unspecified atom stereocenters. The molecule has 4 rings (SSSR count). The summed E-state index contributed by atoms with van der Waals surface area (Å²) >= 11 is 0. The van der Waals surface area contributed by atoms with Gasteiger partial charge in [-0.2, -0.15) is 5.10 Å². The maximum absolute atomic E-state index is 12.4. The lowest BCUT2D eigenvalue weighted by Gasteiger charge is -2.36. The summed E-state index contributed by atoms with van der Waals surface area (Å²) in [5.74, 6) is 1.91. The number of anilines is 1. The molecule has 1 aliphatic rings. The van der Waals surface area contributed by atoms with E-state index in [0.29, 0.717) is 13.1 Å². The van der Waals surface area contributed by atoms with E-state index >= 15 is 0 Å². The van der Waals surface area contributed by atoms with Gasteiger partial charge in [0.2, 0.25) is 0 Å². The van der Waals surface area contributed by atoms with Crippen LogP contribution in [0.25, 0.3) is 22.0 Å². The summed E-state index contributed by atoms with van der Waals surface area (Å²) in [4.78, 5) is 16.4. The van der Waals surface area contributed by atoms with Gasteiger partial charge in [0.05, 0.1) is 12.6 Å². The number of methoxy groups -OCH3 is 1. The Morgan fingerprint density at radius 3 is 2.39 bits per heavy atom. The predicted molar refractivity (Wildman–Crippen MR) is 123 cm³/mol. The fourth-order valence-electron chi connectivity index (χ4n) is 3.97. The lowest BCUT2D eigenvalue weighted by atomic mass is 10.0. The van der Waals surface area contributed by atoms with Gasteiger partial charge >= 0.3 is 6.09 Å². The van der Waals surface area contributed by atoms with Crippen LogP contribution in [0.1, 0.15) is 20.8 Å². The van der Waals surface area contributed by atoms with E-state index in [4.69, 9.17) is 14.6 Å². The van der Waals surface area contributed by atoms with Crippen LogP contribution in [-0.2, 0) is 11.8 Å². The summed E-state index contributed by atoms with van der Waals surface area (Å²) in [7, 11) is 3.65. The number of amides is 1. The van der Waals surface area contributed by atoms with Crippen molar-refractivity contribution in [3.63, 3.8) is 0 Å². The summed E-state index contributed by atoms with van der Waals surface area (Å²) in [6.45, 7) is 8.41. The molecule has 0 bridgehead atoms. The van der Waals surface area contributed by atoms with E-state index < -0.39 is 5.60 Å². The van der Waals surface area contributed by atoms with Crippen molar-refractivity contribution in [3.8, 4) is 16.9 Å². The maximum Gasteiger partial charge on any atom is 0.410 e. The number of piperazine rings is 1. The van der Waals surface area contributed by atoms with Gasteiger partial charge in [-0.3, -0.25) is 4.68 Å². The molecule has 1 amide bonds. The first kappa shape index (κ1) is 21.0. The van der Waals surface area contributed by atoms with Crippen LogP contribution in [0.15, 0.2) is 42.5 Å². The molecule has 2 aromatic carbocycles. The van der Waals surface area contributed by atoms with Crippen LogP contribution in [0.3, 0.4) is 0 Å². The number of rotatable bonds is 3. The van der Waals surface area contributed by atoms with Gasteiger partial charge in [0.15, 0.2) is 0 Å². The van der Waals surface area contributed by atoms with Crippen LogP contribution in [0, 0.1) is 0 Å². The second kappa shape index (κ2) is 8.13. The molecular weight excluding hydrogens is 392 g/mol. The summed E-state index contributed by atoms with van der Waals surface area (Å²) in [6, 6.07) is 14.4. The first-order valence-electron chi connectivity index (χ1n) is 10.6. The number of fused-ring (bicyclic) bond motifs is 1. The first-order valence-corrected chi connectivity index (χ1v) is 10.6. The van der Waals surface area contributed by atoms with Crippen LogP contribution < -0.4 is 9.64 Å². The third-order valence-corrected chi connectivity index (χ3v) is 5.44. The summed E-state index contributed by atoms with van der Waals surface area (Å²) < 4.78 is 12.8. The van der Waals surface area contributed by atoms with Crippen LogP contribution in [0.2, 0.25) is 0 Å². The average Bonchev–Trinajstić information content (AvgIpc) is 3.07. The Bertz CT molecular complexity index is 1090. The highest BCUT2D eigenvalue weighted by Gasteiger charge is 2.27. The molecule has 0 spiro atoms. The number of hydrogen-bond donors (Lipinski definition) is 0. The van der Waals surface area contributed by atoms with E-state index in [9.17, 15) is 4.79 Å². The van der Waals surface area contributed by atoms with Crippen molar-refractivity contribution < 1.29 is 14.3 Å². The van der Waals surface area contributed by atoms with E-state index in [1.807, 2.05) is 50.7 Å². The Morgan fingerprint density at radius 1 is 1.00 bits per heavy atom. The van der Waals surface area contributed by atoms with E-state index in [1.54, 1.807) is 12.0 Å². The zero-order valence-corrected chi connectivity index (χ0v) is 18.9. The zero-order valence-electron chi connectivity index (χ0n) is 18.9. The topological polar surface area (TPSA) is 59.8 Å². The lowest BCUT2D eigenvalue weighted by Crippen LogP contribution is -2.50.